The molecule has 0 atom stereocenters. The summed E-state index contributed by atoms with van der Waals surface area (Å²) < 4.78 is 10.7. The van der Waals surface area contributed by atoms with Crippen molar-refractivity contribution >= 4 is 22.7 Å². The number of nitrogens with two attached hydrogens (primary N) is 1. The Labute approximate surface area is 130 Å². The van der Waals surface area contributed by atoms with Crippen LogP contribution in [0.2, 0.25) is 0 Å². The van der Waals surface area contributed by atoms with Crippen LogP contribution in [0, 0.1) is 0 Å². The van der Waals surface area contributed by atoms with Crippen LogP contribution in [-0.4, -0.2) is 20.3 Å². The number of nitrogen functional groups attached to an aromatic ring is 1. The third-order valence-electron chi connectivity index (χ3n) is 3.37. The van der Waals surface area contributed by atoms with E-state index in [1.807, 2.05) is 12.1 Å². The first-order valence-electron chi connectivity index (χ1n) is 6.87. The lowest BCUT2D eigenvalue weighted by Gasteiger charge is -2.30. The molecule has 2 rings (SSSR count). The van der Waals surface area contributed by atoms with E-state index in [0.717, 1.165) is 12.2 Å². The lowest BCUT2D eigenvalue weighted by atomic mass is 10.1. The molecule has 2 N–H and O–H groups in total. The van der Waals surface area contributed by atoms with Crippen molar-refractivity contribution in [1.29, 1.82) is 0 Å². The summed E-state index contributed by atoms with van der Waals surface area (Å²) in [7, 11) is 3.25. The van der Waals surface area contributed by atoms with Crippen LogP contribution in [0.15, 0.2) is 29.6 Å². The molecule has 0 amide bonds. The molecule has 2 aromatic rings. The predicted molar refractivity (Wildman–Crippen MR) is 89.6 cm³/mol. The molecule has 0 fully saturated rings. The highest BCUT2D eigenvalue weighted by atomic mass is 32.1. The summed E-state index contributed by atoms with van der Waals surface area (Å²) in [6.07, 6.45) is 0. The summed E-state index contributed by atoms with van der Waals surface area (Å²) in [5.74, 6) is 1.34. The molecule has 1 aromatic carbocycles. The Morgan fingerprint density at radius 2 is 1.86 bits per heavy atom. The Kier molecular flexibility index (Phi) is 4.96. The Morgan fingerprint density at radius 1 is 1.19 bits per heavy atom. The second-order valence-electron chi connectivity index (χ2n) is 5.07. The van der Waals surface area contributed by atoms with Crippen molar-refractivity contribution in [3.8, 4) is 11.5 Å². The third kappa shape index (κ3) is 3.42. The molecule has 5 heteroatoms. The van der Waals surface area contributed by atoms with E-state index in [0.29, 0.717) is 23.2 Å². The molecule has 0 bridgehead atoms. The first-order valence-corrected chi connectivity index (χ1v) is 7.75. The number of benzene rings is 1. The van der Waals surface area contributed by atoms with E-state index in [2.05, 4.69) is 36.3 Å². The van der Waals surface area contributed by atoms with Crippen LogP contribution < -0.4 is 20.1 Å². The quantitative estimate of drug-likeness (QED) is 0.825. The average Bonchev–Trinajstić information content (AvgIpc) is 2.97. The zero-order chi connectivity index (χ0) is 15.4. The molecule has 0 unspecified atom stereocenters. The van der Waals surface area contributed by atoms with Gasteiger partial charge in [0.1, 0.15) is 0 Å². The van der Waals surface area contributed by atoms with Gasteiger partial charge in [-0.15, -0.1) is 11.3 Å². The number of anilines is 2. The summed E-state index contributed by atoms with van der Waals surface area (Å²) in [6.45, 7) is 5.14. The number of ether oxygens (including phenoxy) is 2. The van der Waals surface area contributed by atoms with E-state index >= 15 is 0 Å². The molecule has 21 heavy (non-hydrogen) atoms. The molecule has 0 aliphatic rings. The molecule has 0 aliphatic carbocycles. The normalized spacial score (nSPS) is 10.7. The molecule has 1 heterocycles. The molecule has 114 valence electrons. The minimum atomic E-state index is 0.326. The first kappa shape index (κ1) is 15.5. The second-order valence-corrected chi connectivity index (χ2v) is 6.10. The van der Waals surface area contributed by atoms with Gasteiger partial charge in [0.25, 0.3) is 0 Å². The largest absolute Gasteiger partial charge is 0.493 e. The first-order chi connectivity index (χ1) is 10.1. The molecule has 4 nitrogen and oxygen atoms in total. The zero-order valence-electron chi connectivity index (χ0n) is 12.9. The smallest absolute Gasteiger partial charge is 0.162 e. The molecule has 0 spiro atoms. The minimum absolute atomic E-state index is 0.326. The van der Waals surface area contributed by atoms with Gasteiger partial charge >= 0.3 is 0 Å². The summed E-state index contributed by atoms with van der Waals surface area (Å²) in [5, 5.41) is 2.09. The van der Waals surface area contributed by atoms with Gasteiger partial charge in [0.2, 0.25) is 0 Å². The molecule has 0 aliphatic heterocycles. The van der Waals surface area contributed by atoms with E-state index < -0.39 is 0 Å². The number of nitrogens with zero attached hydrogens (tertiary/aromatic N) is 1. The fourth-order valence-corrected chi connectivity index (χ4v) is 2.95. The maximum atomic E-state index is 6.21. The van der Waals surface area contributed by atoms with Crippen molar-refractivity contribution < 1.29 is 9.47 Å². The second kappa shape index (κ2) is 6.72. The van der Waals surface area contributed by atoms with Crippen LogP contribution in [-0.2, 0) is 6.54 Å². The summed E-state index contributed by atoms with van der Waals surface area (Å²) in [4.78, 5) is 3.57. The summed E-state index contributed by atoms with van der Waals surface area (Å²) in [5.41, 5.74) is 7.88. The predicted octanol–water partition coefficient (Wildman–Crippen LogP) is 3.76. The maximum absolute atomic E-state index is 6.21. The fourth-order valence-electron chi connectivity index (χ4n) is 2.25. The molecule has 0 saturated carbocycles. The number of hydrogen-bond acceptors (Lipinski definition) is 5. The van der Waals surface area contributed by atoms with Gasteiger partial charge in [0, 0.05) is 23.1 Å². The third-order valence-corrected chi connectivity index (χ3v) is 4.23. The van der Waals surface area contributed by atoms with Crippen molar-refractivity contribution in [2.75, 3.05) is 24.9 Å². The van der Waals surface area contributed by atoms with Crippen molar-refractivity contribution in [3.63, 3.8) is 0 Å². The molecular formula is C16H22N2O2S. The Morgan fingerprint density at radius 3 is 2.38 bits per heavy atom. The Hall–Kier alpha value is -1.88. The van der Waals surface area contributed by atoms with Gasteiger partial charge in [0.15, 0.2) is 11.5 Å². The molecule has 0 saturated heterocycles. The maximum Gasteiger partial charge on any atom is 0.162 e. The van der Waals surface area contributed by atoms with E-state index in [-0.39, 0.29) is 0 Å². The highest BCUT2D eigenvalue weighted by Gasteiger charge is 2.18. The van der Waals surface area contributed by atoms with Crippen molar-refractivity contribution in [2.45, 2.75) is 26.4 Å². The molecule has 0 radical (unpaired) electrons. The van der Waals surface area contributed by atoms with Gasteiger partial charge in [-0.3, -0.25) is 0 Å². The van der Waals surface area contributed by atoms with Crippen LogP contribution in [0.5, 0.6) is 11.5 Å². The van der Waals surface area contributed by atoms with Crippen molar-refractivity contribution in [3.05, 3.63) is 34.5 Å². The van der Waals surface area contributed by atoms with Crippen LogP contribution in [0.1, 0.15) is 18.7 Å². The van der Waals surface area contributed by atoms with Crippen LogP contribution in [0.3, 0.4) is 0 Å². The van der Waals surface area contributed by atoms with E-state index in [9.17, 15) is 0 Å². The van der Waals surface area contributed by atoms with Gasteiger partial charge in [-0.2, -0.15) is 0 Å². The SMILES string of the molecule is COc1cc(N)c(N(Cc2cccs2)C(C)C)cc1OC. The van der Waals surface area contributed by atoms with Crippen molar-refractivity contribution in [2.24, 2.45) is 0 Å². The van der Waals surface area contributed by atoms with Crippen LogP contribution in [0.25, 0.3) is 0 Å². The van der Waals surface area contributed by atoms with E-state index in [4.69, 9.17) is 15.2 Å². The molecular weight excluding hydrogens is 284 g/mol. The summed E-state index contributed by atoms with van der Waals surface area (Å²) >= 11 is 1.75. The van der Waals surface area contributed by atoms with Gasteiger partial charge in [-0.25, -0.2) is 0 Å². The number of hydrogen-bond donors (Lipinski definition) is 1. The average molecular weight is 306 g/mol. The minimum Gasteiger partial charge on any atom is -0.493 e. The van der Waals surface area contributed by atoms with Crippen LogP contribution >= 0.6 is 11.3 Å². The van der Waals surface area contributed by atoms with Crippen LogP contribution in [0.4, 0.5) is 11.4 Å². The number of thiophene rings is 1. The monoisotopic (exact) mass is 306 g/mol. The summed E-state index contributed by atoms with van der Waals surface area (Å²) in [6, 6.07) is 8.29. The van der Waals surface area contributed by atoms with Gasteiger partial charge in [-0.05, 0) is 25.3 Å². The van der Waals surface area contributed by atoms with E-state index in [1.54, 1.807) is 25.6 Å². The highest BCUT2D eigenvalue weighted by molar-refractivity contribution is 7.09. The van der Waals surface area contributed by atoms with E-state index in [1.165, 1.54) is 4.88 Å². The Balaban J connectivity index is 2.40. The lowest BCUT2D eigenvalue weighted by molar-refractivity contribution is 0.355. The van der Waals surface area contributed by atoms with Gasteiger partial charge < -0.3 is 20.1 Å². The Bertz CT molecular complexity index is 582. The highest BCUT2D eigenvalue weighted by Crippen LogP contribution is 2.38. The van der Waals surface area contributed by atoms with Gasteiger partial charge in [0.05, 0.1) is 32.1 Å². The lowest BCUT2D eigenvalue weighted by Crippen LogP contribution is -2.30. The standard InChI is InChI=1S/C16H22N2O2S/c1-11(2)18(10-12-6-5-7-21-12)14-9-16(20-4)15(19-3)8-13(14)17/h5-9,11H,10,17H2,1-4H3. The fraction of sp³-hybridized carbons (Fsp3) is 0.375. The number of rotatable bonds is 6. The number of methoxy groups -OCH3 is 2. The van der Waals surface area contributed by atoms with Gasteiger partial charge in [-0.1, -0.05) is 6.07 Å². The molecule has 1 aromatic heterocycles. The zero-order valence-corrected chi connectivity index (χ0v) is 13.7. The van der Waals surface area contributed by atoms with Crippen molar-refractivity contribution in [1.82, 2.24) is 0 Å². The topological polar surface area (TPSA) is 47.7 Å².